The number of esters is 2. The molecule has 5 aromatic rings. The molecule has 0 saturated heterocycles. The van der Waals surface area contributed by atoms with Crippen LogP contribution < -0.4 is 14.2 Å². The van der Waals surface area contributed by atoms with Crippen molar-refractivity contribution in [2.24, 2.45) is 0 Å². The van der Waals surface area contributed by atoms with Gasteiger partial charge in [-0.3, -0.25) is 0 Å². The molecule has 4 aromatic carbocycles. The summed E-state index contributed by atoms with van der Waals surface area (Å²) in [5, 5.41) is 4.61. The zero-order valence-electron chi connectivity index (χ0n) is 24.5. The maximum absolute atomic E-state index is 12.8. The molecule has 0 aliphatic rings. The van der Waals surface area contributed by atoms with E-state index < -0.39 is 11.9 Å². The van der Waals surface area contributed by atoms with Gasteiger partial charge in [-0.05, 0) is 66.2 Å². The van der Waals surface area contributed by atoms with Crippen molar-refractivity contribution < 1.29 is 33.3 Å². The van der Waals surface area contributed by atoms with Crippen LogP contribution in [-0.4, -0.2) is 49.2 Å². The minimum absolute atomic E-state index is 0.0183. The zero-order chi connectivity index (χ0) is 30.7. The van der Waals surface area contributed by atoms with E-state index in [1.54, 1.807) is 36.4 Å². The molecule has 1 aromatic heterocycles. The fraction of sp³-hybridized carbons (Fsp3) is 0.171. The van der Waals surface area contributed by atoms with Gasteiger partial charge < -0.3 is 23.7 Å². The van der Waals surface area contributed by atoms with Crippen molar-refractivity contribution in [3.8, 4) is 34.2 Å². The lowest BCUT2D eigenvalue weighted by Crippen LogP contribution is -2.15. The summed E-state index contributed by atoms with van der Waals surface area (Å²) in [6, 6.07) is 33.7. The highest BCUT2D eigenvalue weighted by molar-refractivity contribution is 6.06. The number of rotatable bonds is 13. The summed E-state index contributed by atoms with van der Waals surface area (Å²) in [6.07, 6.45) is 0.671. The number of carbonyl (C=O) groups is 2. The Hall–Kier alpha value is -5.57. The minimum Gasteiger partial charge on any atom is -0.493 e. The van der Waals surface area contributed by atoms with Gasteiger partial charge in [0, 0.05) is 12.0 Å². The fourth-order valence-electron chi connectivity index (χ4n) is 4.48. The maximum Gasteiger partial charge on any atom is 0.357 e. The largest absolute Gasteiger partial charge is 0.493 e. The average Bonchev–Trinajstić information content (AvgIpc) is 3.49. The van der Waals surface area contributed by atoms with Gasteiger partial charge in [-0.1, -0.05) is 48.5 Å². The molecule has 0 radical (unpaired) electrons. The number of hydrogen-bond acceptors (Lipinski definition) is 8. The van der Waals surface area contributed by atoms with Crippen molar-refractivity contribution in [1.29, 1.82) is 0 Å². The number of nitrogens with zero attached hydrogens (tertiary/aromatic N) is 2. The molecular weight excluding hydrogens is 560 g/mol. The standard InChI is InChI=1S/C35H32N2O7/c1-40-34(38)31-32(36-37(33(31)35(39)41-2)27-12-7-4-8-13-27)26-14-16-28(17-15-26)42-22-9-23-43-29-18-20-30(21-19-29)44-24-25-10-5-3-6-11-25/h3-8,10-21H,9,22-24H2,1-2H3. The molecule has 0 aliphatic heterocycles. The van der Waals surface area contributed by atoms with Crippen LogP contribution in [-0.2, 0) is 16.1 Å². The van der Waals surface area contributed by atoms with Gasteiger partial charge in [0.05, 0.1) is 33.1 Å². The van der Waals surface area contributed by atoms with Crippen LogP contribution in [0.15, 0.2) is 109 Å². The number of para-hydroxylation sites is 1. The lowest BCUT2D eigenvalue weighted by molar-refractivity contribution is 0.0549. The summed E-state index contributed by atoms with van der Waals surface area (Å²) >= 11 is 0. The van der Waals surface area contributed by atoms with Crippen LogP contribution in [0.3, 0.4) is 0 Å². The molecule has 9 nitrogen and oxygen atoms in total. The summed E-state index contributed by atoms with van der Waals surface area (Å²) in [4.78, 5) is 25.6. The maximum atomic E-state index is 12.8. The van der Waals surface area contributed by atoms with Gasteiger partial charge in [-0.2, -0.15) is 5.10 Å². The molecular formula is C35H32N2O7. The molecule has 0 saturated carbocycles. The molecule has 0 amide bonds. The molecule has 0 aliphatic carbocycles. The van der Waals surface area contributed by atoms with Crippen LogP contribution >= 0.6 is 0 Å². The van der Waals surface area contributed by atoms with E-state index in [2.05, 4.69) is 5.10 Å². The lowest BCUT2D eigenvalue weighted by Gasteiger charge is -2.10. The third-order valence-corrected chi connectivity index (χ3v) is 6.68. The van der Waals surface area contributed by atoms with E-state index in [1.807, 2.05) is 72.8 Å². The van der Waals surface area contributed by atoms with Crippen molar-refractivity contribution in [2.75, 3.05) is 27.4 Å². The smallest absolute Gasteiger partial charge is 0.357 e. The van der Waals surface area contributed by atoms with E-state index in [1.165, 1.54) is 18.9 Å². The van der Waals surface area contributed by atoms with Crippen molar-refractivity contribution >= 4 is 11.9 Å². The summed E-state index contributed by atoms with van der Waals surface area (Å²) in [7, 11) is 2.51. The molecule has 0 bridgehead atoms. The Morgan fingerprint density at radius 2 is 1.16 bits per heavy atom. The fourth-order valence-corrected chi connectivity index (χ4v) is 4.48. The summed E-state index contributed by atoms with van der Waals surface area (Å²) in [5.74, 6) is 0.771. The monoisotopic (exact) mass is 592 g/mol. The van der Waals surface area contributed by atoms with Crippen LogP contribution in [0.1, 0.15) is 32.8 Å². The molecule has 0 fully saturated rings. The first-order valence-corrected chi connectivity index (χ1v) is 14.0. The quantitative estimate of drug-likeness (QED) is 0.112. The third kappa shape index (κ3) is 7.25. The molecule has 44 heavy (non-hydrogen) atoms. The van der Waals surface area contributed by atoms with Crippen molar-refractivity contribution in [3.05, 3.63) is 126 Å². The molecule has 0 N–H and O–H groups in total. The zero-order valence-corrected chi connectivity index (χ0v) is 24.5. The number of methoxy groups -OCH3 is 2. The third-order valence-electron chi connectivity index (χ3n) is 6.68. The Balaban J connectivity index is 1.18. The first kappa shape index (κ1) is 29.9. The Labute approximate surface area is 255 Å². The predicted octanol–water partition coefficient (Wildman–Crippen LogP) is 6.54. The Morgan fingerprint density at radius 3 is 1.73 bits per heavy atom. The van der Waals surface area contributed by atoms with Gasteiger partial charge in [0.25, 0.3) is 0 Å². The SMILES string of the molecule is COC(=O)c1c(-c2ccc(OCCCOc3ccc(OCc4ccccc4)cc3)cc2)nn(-c2ccccc2)c1C(=O)OC. The lowest BCUT2D eigenvalue weighted by atomic mass is 10.1. The Bertz CT molecular complexity index is 1670. The second kappa shape index (κ2) is 14.6. The summed E-state index contributed by atoms with van der Waals surface area (Å²) in [6.45, 7) is 1.44. The molecule has 0 atom stereocenters. The highest BCUT2D eigenvalue weighted by Crippen LogP contribution is 2.30. The highest BCUT2D eigenvalue weighted by atomic mass is 16.5. The molecule has 0 unspecified atom stereocenters. The molecule has 9 heteroatoms. The average molecular weight is 593 g/mol. The van der Waals surface area contributed by atoms with E-state index in [-0.39, 0.29) is 17.0 Å². The van der Waals surface area contributed by atoms with Crippen LogP contribution in [0.25, 0.3) is 16.9 Å². The molecule has 0 spiro atoms. The van der Waals surface area contributed by atoms with E-state index in [4.69, 9.17) is 23.7 Å². The van der Waals surface area contributed by atoms with Crippen molar-refractivity contribution in [2.45, 2.75) is 13.0 Å². The van der Waals surface area contributed by atoms with E-state index in [0.29, 0.717) is 43.2 Å². The first-order valence-electron chi connectivity index (χ1n) is 14.0. The van der Waals surface area contributed by atoms with E-state index in [0.717, 1.165) is 17.1 Å². The van der Waals surface area contributed by atoms with Crippen molar-refractivity contribution in [3.63, 3.8) is 0 Å². The van der Waals surface area contributed by atoms with Crippen LogP contribution in [0.5, 0.6) is 17.2 Å². The normalized spacial score (nSPS) is 10.6. The van der Waals surface area contributed by atoms with Crippen LogP contribution in [0, 0.1) is 0 Å². The van der Waals surface area contributed by atoms with Crippen LogP contribution in [0.2, 0.25) is 0 Å². The summed E-state index contributed by atoms with van der Waals surface area (Å²) in [5.41, 5.74) is 2.61. The van der Waals surface area contributed by atoms with E-state index >= 15 is 0 Å². The van der Waals surface area contributed by atoms with Gasteiger partial charge in [0.1, 0.15) is 35.1 Å². The number of benzene rings is 4. The molecule has 224 valence electrons. The van der Waals surface area contributed by atoms with Gasteiger partial charge >= 0.3 is 11.9 Å². The topological polar surface area (TPSA) is 98.1 Å². The summed E-state index contributed by atoms with van der Waals surface area (Å²) < 4.78 is 28.9. The first-order chi connectivity index (χ1) is 21.6. The number of aromatic nitrogens is 2. The molecule has 5 rings (SSSR count). The van der Waals surface area contributed by atoms with Gasteiger partial charge in [0.15, 0.2) is 5.69 Å². The Kier molecular flexibility index (Phi) is 9.89. The number of carbonyl (C=O) groups excluding carboxylic acids is 2. The number of ether oxygens (including phenoxy) is 5. The highest BCUT2D eigenvalue weighted by Gasteiger charge is 2.31. The van der Waals surface area contributed by atoms with Crippen LogP contribution in [0.4, 0.5) is 0 Å². The van der Waals surface area contributed by atoms with E-state index in [9.17, 15) is 9.59 Å². The predicted molar refractivity (Wildman–Crippen MR) is 165 cm³/mol. The second-order valence-corrected chi connectivity index (χ2v) is 9.62. The van der Waals surface area contributed by atoms with Gasteiger partial charge in [0.2, 0.25) is 0 Å². The molecule has 1 heterocycles. The van der Waals surface area contributed by atoms with Gasteiger partial charge in [-0.15, -0.1) is 0 Å². The Morgan fingerprint density at radius 1 is 0.636 bits per heavy atom. The number of hydrogen-bond donors (Lipinski definition) is 0. The minimum atomic E-state index is -0.706. The van der Waals surface area contributed by atoms with Gasteiger partial charge in [-0.25, -0.2) is 14.3 Å². The second-order valence-electron chi connectivity index (χ2n) is 9.62. The van der Waals surface area contributed by atoms with Crippen molar-refractivity contribution in [1.82, 2.24) is 9.78 Å².